The molecule has 0 radical (unpaired) electrons. The Bertz CT molecular complexity index is 262. The lowest BCUT2D eigenvalue weighted by Gasteiger charge is -2.41. The fraction of sp³-hybridized carbons (Fsp3) is 0.846. The highest BCUT2D eigenvalue weighted by Crippen LogP contribution is 2.58. The van der Waals surface area contributed by atoms with Crippen LogP contribution in [0, 0.1) is 11.8 Å². The van der Waals surface area contributed by atoms with Crippen molar-refractivity contribution in [1.82, 2.24) is 0 Å². The highest BCUT2D eigenvalue weighted by atomic mass is 35.6. The molecule has 2 heteroatoms. The molecule has 0 aliphatic heterocycles. The van der Waals surface area contributed by atoms with Crippen LogP contribution in [0.25, 0.3) is 0 Å². The van der Waals surface area contributed by atoms with Crippen LogP contribution in [0.5, 0.6) is 0 Å². The summed E-state index contributed by atoms with van der Waals surface area (Å²) >= 11 is 7.11. The molecule has 0 amide bonds. The number of rotatable bonds is 3. The Morgan fingerprint density at radius 3 is 2.00 bits per heavy atom. The first kappa shape index (κ1) is 11.7. The molecule has 1 saturated carbocycles. The number of allylic oxidation sites excluding steroid dienone is 2. The predicted molar refractivity (Wildman–Crippen MR) is 70.9 cm³/mol. The third kappa shape index (κ3) is 1.72. The Morgan fingerprint density at radius 1 is 1.07 bits per heavy atom. The van der Waals surface area contributed by atoms with Crippen molar-refractivity contribution in [2.24, 2.45) is 11.8 Å². The minimum atomic E-state index is -1.60. The molecular weight excluding hydrogens is 220 g/mol. The fourth-order valence-corrected chi connectivity index (χ4v) is 9.18. The summed E-state index contributed by atoms with van der Waals surface area (Å²) in [6.45, 7) is 9.37. The van der Waals surface area contributed by atoms with Crippen LogP contribution in [0.3, 0.4) is 0 Å². The number of hydrogen-bond donors (Lipinski definition) is 0. The summed E-state index contributed by atoms with van der Waals surface area (Å²) in [4.78, 5) is 0. The standard InChI is InChI=1S/C13H23ClSi/c1-9(2)15(14,10(3)4)13-8-11-5-6-12(13)7-11/h5-6,9-13H,7-8H2,1-4H3. The molecule has 0 N–H and O–H groups in total. The maximum absolute atomic E-state index is 7.11. The molecule has 2 aliphatic carbocycles. The molecule has 86 valence electrons. The van der Waals surface area contributed by atoms with Gasteiger partial charge in [0.25, 0.3) is 0 Å². The molecule has 1 fully saturated rings. The van der Waals surface area contributed by atoms with Crippen LogP contribution in [-0.2, 0) is 0 Å². The first-order chi connectivity index (χ1) is 6.96. The SMILES string of the molecule is CC(C)[Si](Cl)(C(C)C)C1CC2C=CC1C2. The molecule has 0 nitrogen and oxygen atoms in total. The molecule has 2 rings (SSSR count). The largest absolute Gasteiger partial charge is 0.166 e. The Balaban J connectivity index is 2.23. The van der Waals surface area contributed by atoms with Crippen molar-refractivity contribution in [2.75, 3.05) is 0 Å². The van der Waals surface area contributed by atoms with Gasteiger partial charge in [-0.05, 0) is 41.3 Å². The molecular formula is C13H23ClSi. The minimum Gasteiger partial charge on any atom is -0.166 e. The van der Waals surface area contributed by atoms with Crippen LogP contribution in [-0.4, -0.2) is 7.38 Å². The second-order valence-corrected chi connectivity index (χ2v) is 12.7. The van der Waals surface area contributed by atoms with Crippen molar-refractivity contribution in [3.8, 4) is 0 Å². The van der Waals surface area contributed by atoms with Gasteiger partial charge >= 0.3 is 0 Å². The van der Waals surface area contributed by atoms with Crippen molar-refractivity contribution in [3.63, 3.8) is 0 Å². The lowest BCUT2D eigenvalue weighted by atomic mass is 10.1. The van der Waals surface area contributed by atoms with Gasteiger partial charge in [-0.15, -0.1) is 0 Å². The quantitative estimate of drug-likeness (QED) is 0.373. The smallest absolute Gasteiger partial charge is 0.165 e. The van der Waals surface area contributed by atoms with Crippen LogP contribution < -0.4 is 0 Å². The monoisotopic (exact) mass is 242 g/mol. The van der Waals surface area contributed by atoms with Crippen LogP contribution in [0.2, 0.25) is 16.6 Å². The van der Waals surface area contributed by atoms with E-state index in [4.69, 9.17) is 11.1 Å². The summed E-state index contributed by atoms with van der Waals surface area (Å²) in [6, 6.07) is 0. The molecule has 2 aliphatic rings. The molecule has 0 saturated heterocycles. The van der Waals surface area contributed by atoms with Gasteiger partial charge in [0.05, 0.1) is 0 Å². The first-order valence-corrected chi connectivity index (χ1v) is 9.57. The lowest BCUT2D eigenvalue weighted by Crippen LogP contribution is -2.42. The Hall–Kier alpha value is 0.247. The molecule has 0 spiro atoms. The average Bonchev–Trinajstić information content (AvgIpc) is 2.76. The molecule has 2 bridgehead atoms. The van der Waals surface area contributed by atoms with Gasteiger partial charge in [-0.1, -0.05) is 39.8 Å². The Morgan fingerprint density at radius 2 is 1.67 bits per heavy atom. The lowest BCUT2D eigenvalue weighted by molar-refractivity contribution is 0.650. The van der Waals surface area contributed by atoms with Crippen LogP contribution in [0.1, 0.15) is 40.5 Å². The van der Waals surface area contributed by atoms with E-state index in [2.05, 4.69) is 39.8 Å². The highest BCUT2D eigenvalue weighted by molar-refractivity contribution is 7.22. The fourth-order valence-electron chi connectivity index (χ4n) is 3.81. The van der Waals surface area contributed by atoms with Gasteiger partial charge in [-0.3, -0.25) is 0 Å². The van der Waals surface area contributed by atoms with Crippen molar-refractivity contribution in [3.05, 3.63) is 12.2 Å². The van der Waals surface area contributed by atoms with Gasteiger partial charge in [0.1, 0.15) is 0 Å². The number of fused-ring (bicyclic) bond motifs is 2. The first-order valence-electron chi connectivity index (χ1n) is 6.33. The maximum atomic E-state index is 7.11. The van der Waals surface area contributed by atoms with Gasteiger partial charge in [0.15, 0.2) is 7.38 Å². The molecule has 0 aromatic rings. The summed E-state index contributed by atoms with van der Waals surface area (Å²) in [5, 5.41) is 0. The van der Waals surface area contributed by atoms with E-state index in [9.17, 15) is 0 Å². The zero-order chi connectivity index (χ0) is 11.2. The minimum absolute atomic E-state index is 0.705. The third-order valence-corrected chi connectivity index (χ3v) is 13.4. The van der Waals surface area contributed by atoms with Crippen LogP contribution in [0.15, 0.2) is 12.2 Å². The van der Waals surface area contributed by atoms with Gasteiger partial charge in [-0.25, -0.2) is 0 Å². The van der Waals surface area contributed by atoms with Crippen molar-refractivity contribution in [1.29, 1.82) is 0 Å². The van der Waals surface area contributed by atoms with E-state index in [1.165, 1.54) is 12.8 Å². The maximum Gasteiger partial charge on any atom is 0.165 e. The molecule has 3 unspecified atom stereocenters. The van der Waals surface area contributed by atoms with E-state index in [0.29, 0.717) is 11.1 Å². The molecule has 0 aromatic carbocycles. The summed E-state index contributed by atoms with van der Waals surface area (Å²) in [5.41, 5.74) is 2.25. The van der Waals surface area contributed by atoms with Gasteiger partial charge in [-0.2, -0.15) is 11.1 Å². The average molecular weight is 243 g/mol. The van der Waals surface area contributed by atoms with Crippen molar-refractivity contribution in [2.45, 2.75) is 57.2 Å². The van der Waals surface area contributed by atoms with E-state index in [-0.39, 0.29) is 0 Å². The van der Waals surface area contributed by atoms with E-state index < -0.39 is 7.38 Å². The second-order valence-electron chi connectivity index (χ2n) is 6.02. The zero-order valence-electron chi connectivity index (χ0n) is 10.3. The number of hydrogen-bond acceptors (Lipinski definition) is 0. The zero-order valence-corrected chi connectivity index (χ0v) is 12.1. The summed E-state index contributed by atoms with van der Waals surface area (Å²) in [5.74, 6) is 1.69. The highest BCUT2D eigenvalue weighted by Gasteiger charge is 2.52. The normalized spacial score (nSPS) is 34.7. The van der Waals surface area contributed by atoms with Crippen molar-refractivity contribution >= 4 is 18.5 Å². The Kier molecular flexibility index (Phi) is 3.07. The molecule has 0 heterocycles. The molecule has 3 atom stereocenters. The predicted octanol–water partition coefficient (Wildman–Crippen LogP) is 4.96. The van der Waals surface area contributed by atoms with Crippen LogP contribution in [0.4, 0.5) is 0 Å². The van der Waals surface area contributed by atoms with Gasteiger partial charge in [0.2, 0.25) is 0 Å². The number of halogens is 1. The van der Waals surface area contributed by atoms with Gasteiger partial charge in [0, 0.05) is 0 Å². The van der Waals surface area contributed by atoms with Gasteiger partial charge < -0.3 is 0 Å². The van der Waals surface area contributed by atoms with E-state index >= 15 is 0 Å². The second kappa shape index (κ2) is 3.92. The Labute approximate surface area is 99.8 Å². The van der Waals surface area contributed by atoms with E-state index in [1.807, 2.05) is 0 Å². The molecule has 15 heavy (non-hydrogen) atoms. The van der Waals surface area contributed by atoms with Crippen molar-refractivity contribution < 1.29 is 0 Å². The molecule has 0 aromatic heterocycles. The summed E-state index contributed by atoms with van der Waals surface area (Å²) in [6.07, 6.45) is 7.65. The topological polar surface area (TPSA) is 0 Å². The summed E-state index contributed by atoms with van der Waals surface area (Å²) in [7, 11) is -1.60. The third-order valence-electron chi connectivity index (χ3n) is 4.62. The van der Waals surface area contributed by atoms with E-state index in [1.54, 1.807) is 0 Å². The summed E-state index contributed by atoms with van der Waals surface area (Å²) < 4.78 is 0. The van der Waals surface area contributed by atoms with E-state index in [0.717, 1.165) is 17.4 Å². The van der Waals surface area contributed by atoms with Crippen LogP contribution >= 0.6 is 11.1 Å².